The van der Waals surface area contributed by atoms with Gasteiger partial charge in [-0.05, 0) is 56.3 Å². The van der Waals surface area contributed by atoms with E-state index in [1.165, 1.54) is 51.4 Å². The van der Waals surface area contributed by atoms with Crippen LogP contribution in [0.1, 0.15) is 64.7 Å². The predicted octanol–water partition coefficient (Wildman–Crippen LogP) is 2.73. The predicted molar refractivity (Wildman–Crippen MR) is 104 cm³/mol. The second-order valence-electron chi connectivity index (χ2n) is 8.60. The van der Waals surface area contributed by atoms with E-state index in [0.29, 0.717) is 24.1 Å². The van der Waals surface area contributed by atoms with Crippen LogP contribution in [0.4, 0.5) is 0 Å². The molecule has 0 aromatic carbocycles. The fraction of sp³-hybridized carbons (Fsp3) is 0.947. The Morgan fingerprint density at radius 3 is 2.48 bits per heavy atom. The summed E-state index contributed by atoms with van der Waals surface area (Å²) in [7, 11) is -2.81. The molecule has 0 spiro atoms. The molecule has 1 heterocycles. The van der Waals surface area contributed by atoms with Gasteiger partial charge in [0.25, 0.3) is 0 Å². The van der Waals surface area contributed by atoms with Crippen LogP contribution in [0, 0.1) is 17.8 Å². The van der Waals surface area contributed by atoms with Crippen molar-refractivity contribution in [1.82, 2.24) is 10.6 Å². The van der Waals surface area contributed by atoms with Crippen LogP contribution in [0.15, 0.2) is 4.99 Å². The lowest BCUT2D eigenvalue weighted by molar-refractivity contribution is 0.355. The Balaban J connectivity index is 1.53. The average Bonchev–Trinajstić information content (AvgIpc) is 3.16. The first kappa shape index (κ1) is 19.0. The molecule has 5 nitrogen and oxygen atoms in total. The molecule has 144 valence electrons. The molecule has 3 atom stereocenters. The summed E-state index contributed by atoms with van der Waals surface area (Å²) in [5, 5.41) is 7.19. The molecule has 2 aliphatic carbocycles. The molecule has 0 aromatic heterocycles. The molecule has 1 aliphatic heterocycles. The molecule has 0 amide bonds. The van der Waals surface area contributed by atoms with Crippen LogP contribution in [-0.4, -0.2) is 45.0 Å². The third kappa shape index (κ3) is 6.15. The summed E-state index contributed by atoms with van der Waals surface area (Å²) < 4.78 is 23.3. The van der Waals surface area contributed by atoms with Crippen molar-refractivity contribution in [3.8, 4) is 0 Å². The summed E-state index contributed by atoms with van der Waals surface area (Å²) >= 11 is 0. The second-order valence-corrected chi connectivity index (χ2v) is 10.8. The second kappa shape index (κ2) is 8.74. The van der Waals surface area contributed by atoms with Crippen LogP contribution in [0.3, 0.4) is 0 Å². The maximum atomic E-state index is 11.7. The Morgan fingerprint density at radius 1 is 1.04 bits per heavy atom. The first-order chi connectivity index (χ1) is 12.0. The number of aliphatic imine (C=N–C) groups is 1. The summed E-state index contributed by atoms with van der Waals surface area (Å²) in [6.45, 7) is 3.94. The van der Waals surface area contributed by atoms with Crippen molar-refractivity contribution >= 4 is 15.8 Å². The van der Waals surface area contributed by atoms with Gasteiger partial charge < -0.3 is 10.6 Å². The smallest absolute Gasteiger partial charge is 0.191 e. The Kier molecular flexibility index (Phi) is 6.64. The minimum Gasteiger partial charge on any atom is -0.356 e. The number of hydrogen-bond donors (Lipinski definition) is 2. The SMILES string of the molecule is CC1CCC(NC(=NCC2CCS(=O)(=O)C2)NCC2CCCCC2)C1. The van der Waals surface area contributed by atoms with E-state index < -0.39 is 9.84 Å². The van der Waals surface area contributed by atoms with Crippen LogP contribution in [0.25, 0.3) is 0 Å². The first-order valence-electron chi connectivity index (χ1n) is 10.3. The molecule has 2 saturated carbocycles. The van der Waals surface area contributed by atoms with Gasteiger partial charge in [0.15, 0.2) is 15.8 Å². The van der Waals surface area contributed by atoms with E-state index in [0.717, 1.165) is 30.8 Å². The van der Waals surface area contributed by atoms with Crippen molar-refractivity contribution in [3.05, 3.63) is 0 Å². The number of rotatable bonds is 5. The van der Waals surface area contributed by atoms with Crippen LogP contribution in [0.5, 0.6) is 0 Å². The molecule has 0 aromatic rings. The molecule has 0 radical (unpaired) electrons. The largest absolute Gasteiger partial charge is 0.356 e. The fourth-order valence-electron chi connectivity index (χ4n) is 4.55. The molecule has 2 N–H and O–H groups in total. The van der Waals surface area contributed by atoms with Crippen LogP contribution in [0.2, 0.25) is 0 Å². The van der Waals surface area contributed by atoms with Gasteiger partial charge in [0.1, 0.15) is 0 Å². The van der Waals surface area contributed by atoms with Crippen molar-refractivity contribution in [2.24, 2.45) is 22.7 Å². The van der Waals surface area contributed by atoms with Crippen LogP contribution >= 0.6 is 0 Å². The van der Waals surface area contributed by atoms with Crippen LogP contribution in [-0.2, 0) is 9.84 Å². The van der Waals surface area contributed by atoms with Crippen molar-refractivity contribution < 1.29 is 8.42 Å². The zero-order chi connectivity index (χ0) is 17.7. The van der Waals surface area contributed by atoms with Gasteiger partial charge in [0.2, 0.25) is 0 Å². The van der Waals surface area contributed by atoms with E-state index in [-0.39, 0.29) is 5.92 Å². The molecular weight excluding hydrogens is 334 g/mol. The van der Waals surface area contributed by atoms with Gasteiger partial charge in [-0.25, -0.2) is 8.42 Å². The minimum absolute atomic E-state index is 0.195. The Morgan fingerprint density at radius 2 is 1.84 bits per heavy atom. The van der Waals surface area contributed by atoms with Gasteiger partial charge in [-0.3, -0.25) is 4.99 Å². The maximum Gasteiger partial charge on any atom is 0.191 e. The summed E-state index contributed by atoms with van der Waals surface area (Å²) in [6.07, 6.45) is 11.2. The van der Waals surface area contributed by atoms with Crippen molar-refractivity contribution in [2.75, 3.05) is 24.6 Å². The number of nitrogens with one attached hydrogen (secondary N) is 2. The molecule has 1 saturated heterocycles. The monoisotopic (exact) mass is 369 g/mol. The van der Waals surface area contributed by atoms with Gasteiger partial charge >= 0.3 is 0 Å². The highest BCUT2D eigenvalue weighted by molar-refractivity contribution is 7.91. The number of guanidine groups is 1. The summed E-state index contributed by atoms with van der Waals surface area (Å²) in [4.78, 5) is 4.77. The standard InChI is InChI=1S/C19H35N3O2S/c1-15-7-8-18(11-15)22-19(20-12-16-5-3-2-4-6-16)21-13-17-9-10-25(23,24)14-17/h15-18H,2-14H2,1H3,(H2,20,21,22). The molecule has 6 heteroatoms. The van der Waals surface area contributed by atoms with Gasteiger partial charge in [-0.1, -0.05) is 26.2 Å². The number of hydrogen-bond acceptors (Lipinski definition) is 3. The highest BCUT2D eigenvalue weighted by Gasteiger charge is 2.28. The van der Waals surface area contributed by atoms with Gasteiger partial charge in [0.05, 0.1) is 11.5 Å². The first-order valence-corrected chi connectivity index (χ1v) is 12.1. The lowest BCUT2D eigenvalue weighted by atomic mass is 9.89. The van der Waals surface area contributed by atoms with Gasteiger partial charge in [0, 0.05) is 19.1 Å². The quantitative estimate of drug-likeness (QED) is 0.577. The zero-order valence-electron chi connectivity index (χ0n) is 15.7. The Bertz CT molecular complexity index is 555. The number of sulfone groups is 1. The molecule has 3 aliphatic rings. The molecule has 3 fully saturated rings. The normalized spacial score (nSPS) is 33.5. The summed E-state index contributed by atoms with van der Waals surface area (Å²) in [5.41, 5.74) is 0. The number of nitrogens with zero attached hydrogens (tertiary/aromatic N) is 1. The summed E-state index contributed by atoms with van der Waals surface area (Å²) in [6, 6.07) is 0.514. The van der Waals surface area contributed by atoms with Crippen molar-refractivity contribution in [3.63, 3.8) is 0 Å². The molecular formula is C19H35N3O2S. The van der Waals surface area contributed by atoms with Crippen molar-refractivity contribution in [2.45, 2.75) is 70.8 Å². The zero-order valence-corrected chi connectivity index (χ0v) is 16.5. The van der Waals surface area contributed by atoms with E-state index >= 15 is 0 Å². The molecule has 25 heavy (non-hydrogen) atoms. The van der Waals surface area contributed by atoms with E-state index in [4.69, 9.17) is 4.99 Å². The lowest BCUT2D eigenvalue weighted by Gasteiger charge is -2.24. The third-order valence-electron chi connectivity index (χ3n) is 6.15. The third-order valence-corrected chi connectivity index (χ3v) is 7.99. The van der Waals surface area contributed by atoms with E-state index in [9.17, 15) is 8.42 Å². The highest BCUT2D eigenvalue weighted by atomic mass is 32.2. The van der Waals surface area contributed by atoms with Gasteiger partial charge in [-0.15, -0.1) is 0 Å². The molecule has 0 bridgehead atoms. The topological polar surface area (TPSA) is 70.6 Å². The lowest BCUT2D eigenvalue weighted by Crippen LogP contribution is -2.44. The van der Waals surface area contributed by atoms with E-state index in [2.05, 4.69) is 17.6 Å². The molecule has 3 rings (SSSR count). The minimum atomic E-state index is -2.81. The van der Waals surface area contributed by atoms with Gasteiger partial charge in [-0.2, -0.15) is 0 Å². The van der Waals surface area contributed by atoms with E-state index in [1.54, 1.807) is 0 Å². The maximum absolute atomic E-state index is 11.7. The fourth-order valence-corrected chi connectivity index (χ4v) is 6.40. The van der Waals surface area contributed by atoms with Crippen molar-refractivity contribution in [1.29, 1.82) is 0 Å². The Labute approximate surface area is 153 Å². The molecule has 3 unspecified atom stereocenters. The highest BCUT2D eigenvalue weighted by Crippen LogP contribution is 2.25. The van der Waals surface area contributed by atoms with E-state index in [1.807, 2.05) is 0 Å². The Hall–Kier alpha value is -0.780. The summed E-state index contributed by atoms with van der Waals surface area (Å²) in [5.74, 6) is 3.31. The van der Waals surface area contributed by atoms with Crippen LogP contribution < -0.4 is 10.6 Å². The average molecular weight is 370 g/mol.